The number of hydrogen-bond acceptors (Lipinski definition) is 15. The molecule has 25 heteroatoms. The van der Waals surface area contributed by atoms with Gasteiger partial charge >= 0.3 is 0 Å². The van der Waals surface area contributed by atoms with Gasteiger partial charge in [0.1, 0.15) is 30.1 Å². The summed E-state index contributed by atoms with van der Waals surface area (Å²) in [6.07, 6.45) is 5.45. The van der Waals surface area contributed by atoms with Gasteiger partial charge in [-0.05, 0) is 37.0 Å². The van der Waals surface area contributed by atoms with Gasteiger partial charge < -0.3 is 36.7 Å². The molecule has 6 amide bonds. The van der Waals surface area contributed by atoms with Crippen molar-refractivity contribution in [2.24, 2.45) is 17.8 Å². The average molecular weight is 970 g/mol. The Morgan fingerprint density at radius 2 is 1.62 bits per heavy atom. The van der Waals surface area contributed by atoms with E-state index in [1.54, 1.807) is 27.7 Å². The monoisotopic (exact) mass is 969 g/mol. The third-order valence-corrected chi connectivity index (χ3v) is 13.4. The molecule has 1 saturated carbocycles. The highest BCUT2D eigenvalue weighted by molar-refractivity contribution is 7.91. The Kier molecular flexibility index (Phi) is 22.2. The minimum atomic E-state index is -4.89. The van der Waals surface area contributed by atoms with E-state index in [0.29, 0.717) is 30.6 Å². The maximum Gasteiger partial charge on any atom is 0.289 e. The Hall–Kier alpha value is -5.43. The second-order valence-electron chi connectivity index (χ2n) is 16.6. The Morgan fingerprint density at radius 3 is 2.23 bits per heavy atom. The summed E-state index contributed by atoms with van der Waals surface area (Å²) in [6, 6.07) is -5.06. The number of nitrogens with zero attached hydrogens (tertiary/aromatic N) is 4. The predicted molar refractivity (Wildman–Crippen MR) is 236 cm³/mol. The van der Waals surface area contributed by atoms with Gasteiger partial charge in [-0.15, -0.1) is 10.2 Å². The Morgan fingerprint density at radius 1 is 0.924 bits per heavy atom. The second-order valence-corrected chi connectivity index (χ2v) is 19.4. The molecule has 366 valence electrons. The summed E-state index contributed by atoms with van der Waals surface area (Å²) in [5.41, 5.74) is -2.89. The molecule has 1 fully saturated rings. The van der Waals surface area contributed by atoms with Crippen LogP contribution in [0.5, 0.6) is 0 Å². The number of hydrogen-bond donors (Lipinski definition) is 7. The highest BCUT2D eigenvalue weighted by Gasteiger charge is 2.47. The fourth-order valence-electron chi connectivity index (χ4n) is 7.24. The summed E-state index contributed by atoms with van der Waals surface area (Å²) >= 11 is 0.486. The molecule has 5 unspecified atom stereocenters. The summed E-state index contributed by atoms with van der Waals surface area (Å²) in [5.74, 6) is -8.96. The smallest absolute Gasteiger partial charge is 0.289 e. The molecule has 21 nitrogen and oxygen atoms in total. The summed E-state index contributed by atoms with van der Waals surface area (Å²) in [6.45, 7) is 7.92. The van der Waals surface area contributed by atoms with E-state index in [-0.39, 0.29) is 42.3 Å². The molecule has 0 radical (unpaired) electrons. The normalized spacial score (nSPS) is 15.9. The average Bonchev–Trinajstić information content (AvgIpc) is 3.75. The highest BCUT2D eigenvalue weighted by atomic mass is 32.2. The molecule has 0 aromatic carbocycles. The van der Waals surface area contributed by atoms with Crippen molar-refractivity contribution >= 4 is 74.0 Å². The molecule has 2 aromatic rings. The summed E-state index contributed by atoms with van der Waals surface area (Å²) in [5, 5.41) is 21.7. The van der Waals surface area contributed by atoms with E-state index < -0.39 is 117 Å². The molecule has 0 bridgehead atoms. The number of Topliss-reactive ketones (excluding diaryl/α,β-unsaturated/α-hetero) is 1. The van der Waals surface area contributed by atoms with Gasteiger partial charge in [0.05, 0.1) is 12.7 Å². The molecule has 1 aliphatic rings. The summed E-state index contributed by atoms with van der Waals surface area (Å²) < 4.78 is 57.3. The standard InChI is InChI=1S/C41H61F2N11O10S2/c1-6-8-10-15-31(56)49-39-52-53-40(65-39)66(63,64)54-41(22-24(3)4,51-35(59)29-23-44-16-17-45-29)38(62)50-32(25(5)7-2)36(60)48-28(20-26-13-11-9-12-14-26)34(58)47-27(21-30(42)43)33(57)37(61)46-18-19-55/h16-17,19,23-28,30,32,54H,6-15,18,20-22H2,1-5H3,(H,46,61)(H,47,58)(H,48,60)(H,50,62)(H,51,59)(H,49,52,56). The first-order valence-corrected chi connectivity index (χ1v) is 24.3. The maximum atomic E-state index is 14.9. The number of aldehydes is 1. The first-order chi connectivity index (χ1) is 31.2. The molecular weight excluding hydrogens is 909 g/mol. The van der Waals surface area contributed by atoms with Gasteiger partial charge in [-0.1, -0.05) is 97.3 Å². The number of nitrogens with one attached hydrogen (secondary N) is 7. The quantitative estimate of drug-likeness (QED) is 0.0212. The van der Waals surface area contributed by atoms with Crippen LogP contribution in [-0.4, -0.2) is 113 Å². The molecule has 2 aromatic heterocycles. The van der Waals surface area contributed by atoms with Crippen molar-refractivity contribution in [1.29, 1.82) is 0 Å². The lowest BCUT2D eigenvalue weighted by Crippen LogP contribution is -2.71. The molecule has 0 saturated heterocycles. The largest absolute Gasteiger partial charge is 0.344 e. The number of rotatable bonds is 28. The van der Waals surface area contributed by atoms with Gasteiger partial charge in [0.15, 0.2) is 5.66 Å². The number of sulfonamides is 1. The zero-order valence-electron chi connectivity index (χ0n) is 37.7. The number of ketones is 1. The number of halogens is 2. The summed E-state index contributed by atoms with van der Waals surface area (Å²) in [4.78, 5) is 113. The van der Waals surface area contributed by atoms with Crippen LogP contribution in [0.25, 0.3) is 0 Å². The fraction of sp³-hybridized carbons (Fsp3) is 0.659. The van der Waals surface area contributed by atoms with Gasteiger partial charge in [0.25, 0.3) is 27.7 Å². The Bertz CT molecular complexity index is 2090. The molecule has 0 aliphatic heterocycles. The van der Waals surface area contributed by atoms with Crippen molar-refractivity contribution < 1.29 is 55.6 Å². The zero-order chi connectivity index (χ0) is 49.0. The van der Waals surface area contributed by atoms with Crippen LogP contribution in [0.2, 0.25) is 0 Å². The van der Waals surface area contributed by atoms with Crippen LogP contribution in [-0.2, 0) is 43.6 Å². The van der Waals surface area contributed by atoms with Crippen LogP contribution in [0.1, 0.15) is 129 Å². The number of carbonyl (C=O) groups is 8. The number of alkyl halides is 2. The molecule has 7 N–H and O–H groups in total. The summed E-state index contributed by atoms with van der Waals surface area (Å²) in [7, 11) is -4.89. The van der Waals surface area contributed by atoms with Crippen LogP contribution in [0, 0.1) is 17.8 Å². The van der Waals surface area contributed by atoms with Crippen molar-refractivity contribution in [3.05, 3.63) is 24.3 Å². The topological polar surface area (TPSA) is 306 Å². The zero-order valence-corrected chi connectivity index (χ0v) is 39.3. The third kappa shape index (κ3) is 17.1. The minimum Gasteiger partial charge on any atom is -0.344 e. The lowest BCUT2D eigenvalue weighted by atomic mass is 9.84. The highest BCUT2D eigenvalue weighted by Crippen LogP contribution is 2.28. The van der Waals surface area contributed by atoms with Gasteiger partial charge in [-0.25, -0.2) is 22.2 Å². The van der Waals surface area contributed by atoms with Crippen LogP contribution in [0.4, 0.5) is 13.9 Å². The van der Waals surface area contributed by atoms with E-state index in [4.69, 9.17) is 0 Å². The van der Waals surface area contributed by atoms with Gasteiger partial charge in [-0.3, -0.25) is 38.5 Å². The van der Waals surface area contributed by atoms with Gasteiger partial charge in [-0.2, -0.15) is 4.72 Å². The van der Waals surface area contributed by atoms with Crippen LogP contribution < -0.4 is 36.6 Å². The number of carbonyl (C=O) groups excluding carboxylic acids is 8. The second kappa shape index (κ2) is 26.6. The maximum absolute atomic E-state index is 14.9. The molecule has 1 aliphatic carbocycles. The lowest BCUT2D eigenvalue weighted by molar-refractivity contribution is -0.141. The Balaban J connectivity index is 2.05. The van der Waals surface area contributed by atoms with Gasteiger partial charge in [0.2, 0.25) is 39.4 Å². The van der Waals surface area contributed by atoms with Crippen LogP contribution in [0.3, 0.4) is 0 Å². The first-order valence-electron chi connectivity index (χ1n) is 22.0. The van der Waals surface area contributed by atoms with Crippen molar-refractivity contribution in [2.75, 3.05) is 11.9 Å². The van der Waals surface area contributed by atoms with E-state index in [1.165, 1.54) is 12.4 Å². The number of amides is 6. The first kappa shape index (κ1) is 54.9. The van der Waals surface area contributed by atoms with E-state index >= 15 is 0 Å². The van der Waals surface area contributed by atoms with Crippen molar-refractivity contribution in [1.82, 2.24) is 51.5 Å². The van der Waals surface area contributed by atoms with E-state index in [2.05, 4.69) is 51.5 Å². The minimum absolute atomic E-state index is 0.0139. The van der Waals surface area contributed by atoms with Crippen molar-refractivity contribution in [3.8, 4) is 0 Å². The molecule has 66 heavy (non-hydrogen) atoms. The van der Waals surface area contributed by atoms with Crippen LogP contribution in [0.15, 0.2) is 22.9 Å². The molecule has 5 atom stereocenters. The molecule has 0 spiro atoms. The molecular formula is C41H61F2N11O10S2. The molecule has 3 rings (SSSR count). The molecule has 2 heterocycles. The number of unbranched alkanes of at least 4 members (excludes halogenated alkanes) is 2. The van der Waals surface area contributed by atoms with Crippen molar-refractivity contribution in [3.63, 3.8) is 0 Å². The van der Waals surface area contributed by atoms with E-state index in [0.717, 1.165) is 38.3 Å². The third-order valence-electron chi connectivity index (χ3n) is 10.7. The fourth-order valence-corrected chi connectivity index (χ4v) is 9.45. The van der Waals surface area contributed by atoms with Crippen molar-refractivity contribution in [2.45, 2.75) is 153 Å². The van der Waals surface area contributed by atoms with E-state index in [1.807, 2.05) is 12.2 Å². The number of anilines is 1. The Labute approximate surface area is 386 Å². The lowest BCUT2D eigenvalue weighted by Gasteiger charge is -2.37. The van der Waals surface area contributed by atoms with Gasteiger partial charge in [0, 0.05) is 25.2 Å². The van der Waals surface area contributed by atoms with E-state index in [9.17, 15) is 55.6 Å². The SMILES string of the molecule is CCCCCC(=O)Nc1nnc(S(=O)(=O)NC(CC(C)C)(NC(=O)c2cnccn2)C(=O)NC(C(=O)NC(CC2CCCCC2)C(=O)NC(CC(F)F)C(=O)C(=O)NCC=O)C(C)CC)s1. The van der Waals surface area contributed by atoms with Crippen LogP contribution >= 0.6 is 11.3 Å². The predicted octanol–water partition coefficient (Wildman–Crippen LogP) is 2.31. The number of aromatic nitrogens is 4.